The van der Waals surface area contributed by atoms with Crippen LogP contribution in [0.3, 0.4) is 0 Å². The first kappa shape index (κ1) is 16.2. The molecule has 9 heteroatoms. The quantitative estimate of drug-likeness (QED) is 0.589. The molecule has 1 aliphatic carbocycles. The maximum absolute atomic E-state index is 13.6. The average molecular weight is 386 g/mol. The SMILES string of the molecule is N#C[C@]1(S(=O)(=O)c2ccccc2)CC1C(F)(F)C(F)(F)Br. The first-order valence-corrected chi connectivity index (χ1v) is 7.94. The highest BCUT2D eigenvalue weighted by Gasteiger charge is 2.79. The lowest BCUT2D eigenvalue weighted by atomic mass is 10.2. The molecule has 2 rings (SSSR count). The number of sulfone groups is 1. The second-order valence-electron chi connectivity index (χ2n) is 4.70. The zero-order chi connectivity index (χ0) is 16.1. The molecule has 1 saturated carbocycles. The minimum atomic E-state index is -4.65. The van der Waals surface area contributed by atoms with Crippen LogP contribution in [0.2, 0.25) is 0 Å². The minimum Gasteiger partial charge on any atom is -0.222 e. The standard InChI is InChI=1S/C12H8BrF4NO2S/c13-12(16,17)11(14,15)9-6-10(9,7-18)21(19,20)8-4-2-1-3-5-8/h1-5,9H,6H2/t9?,10-/m1/s1. The number of halogens is 5. The third-order valence-corrected chi connectivity index (χ3v) is 6.37. The van der Waals surface area contributed by atoms with E-state index < -0.39 is 37.7 Å². The van der Waals surface area contributed by atoms with Gasteiger partial charge in [0.2, 0.25) is 0 Å². The lowest BCUT2D eigenvalue weighted by molar-refractivity contribution is -0.161. The van der Waals surface area contributed by atoms with Gasteiger partial charge in [-0.05, 0) is 34.5 Å². The van der Waals surface area contributed by atoms with Crippen molar-refractivity contribution in [3.05, 3.63) is 30.3 Å². The van der Waals surface area contributed by atoms with Crippen molar-refractivity contribution in [2.45, 2.75) is 26.8 Å². The van der Waals surface area contributed by atoms with Crippen LogP contribution in [-0.4, -0.2) is 23.9 Å². The predicted octanol–water partition coefficient (Wildman–Crippen LogP) is 3.37. The Labute approximate surface area is 126 Å². The molecule has 0 heterocycles. The molecule has 3 nitrogen and oxygen atoms in total. The second kappa shape index (κ2) is 4.68. The van der Waals surface area contributed by atoms with Gasteiger partial charge in [0.05, 0.1) is 16.9 Å². The van der Waals surface area contributed by atoms with Gasteiger partial charge in [0.1, 0.15) is 0 Å². The molecule has 1 aromatic carbocycles. The minimum absolute atomic E-state index is 0.345. The van der Waals surface area contributed by atoms with Gasteiger partial charge in [0.25, 0.3) is 0 Å². The number of nitriles is 1. The Kier molecular flexibility index (Phi) is 3.62. The van der Waals surface area contributed by atoms with Crippen molar-refractivity contribution < 1.29 is 26.0 Å². The van der Waals surface area contributed by atoms with Gasteiger partial charge in [-0.15, -0.1) is 0 Å². The summed E-state index contributed by atoms with van der Waals surface area (Å²) in [5, 5.41) is 9.03. The van der Waals surface area contributed by atoms with Crippen LogP contribution in [0.25, 0.3) is 0 Å². The van der Waals surface area contributed by atoms with Gasteiger partial charge in [-0.25, -0.2) is 8.42 Å². The Bertz CT molecular complexity index is 696. The first-order valence-electron chi connectivity index (χ1n) is 5.66. The van der Waals surface area contributed by atoms with E-state index in [0.717, 1.165) is 12.1 Å². The van der Waals surface area contributed by atoms with Gasteiger partial charge in [-0.1, -0.05) is 18.2 Å². The molecule has 0 saturated heterocycles. The zero-order valence-electron chi connectivity index (χ0n) is 10.2. The molecule has 0 radical (unpaired) electrons. The maximum Gasteiger partial charge on any atom is 0.363 e. The molecule has 0 aromatic heterocycles. The topological polar surface area (TPSA) is 57.9 Å². The van der Waals surface area contributed by atoms with Crippen LogP contribution in [0.5, 0.6) is 0 Å². The molecule has 0 bridgehead atoms. The third kappa shape index (κ3) is 2.25. The Hall–Kier alpha value is -1.14. The summed E-state index contributed by atoms with van der Waals surface area (Å²) in [4.78, 5) is -4.93. The van der Waals surface area contributed by atoms with Crippen LogP contribution < -0.4 is 0 Å². The average Bonchev–Trinajstić information content (AvgIpc) is 3.15. The van der Waals surface area contributed by atoms with Gasteiger partial charge >= 0.3 is 10.8 Å². The van der Waals surface area contributed by atoms with Crippen molar-refractivity contribution in [3.63, 3.8) is 0 Å². The van der Waals surface area contributed by atoms with Crippen LogP contribution in [-0.2, 0) is 9.84 Å². The van der Waals surface area contributed by atoms with Gasteiger partial charge in [-0.3, -0.25) is 0 Å². The molecule has 1 aliphatic rings. The highest BCUT2D eigenvalue weighted by molar-refractivity contribution is 9.10. The molecular formula is C12H8BrF4NO2S. The number of benzene rings is 1. The number of hydrogen-bond donors (Lipinski definition) is 0. The smallest absolute Gasteiger partial charge is 0.222 e. The number of hydrogen-bond acceptors (Lipinski definition) is 3. The van der Waals surface area contributed by atoms with Gasteiger partial charge in [0, 0.05) is 0 Å². The highest BCUT2D eigenvalue weighted by Crippen LogP contribution is 2.63. The Morgan fingerprint density at radius 2 is 1.76 bits per heavy atom. The second-order valence-corrected chi connectivity index (χ2v) is 7.90. The molecule has 0 aliphatic heterocycles. The summed E-state index contributed by atoms with van der Waals surface area (Å²) in [5.41, 5.74) is 0. The summed E-state index contributed by atoms with van der Waals surface area (Å²) in [6, 6.07) is 7.77. The van der Waals surface area contributed by atoms with Crippen LogP contribution in [0.15, 0.2) is 35.2 Å². The van der Waals surface area contributed by atoms with E-state index in [4.69, 9.17) is 5.26 Å². The fourth-order valence-electron chi connectivity index (χ4n) is 2.15. The Morgan fingerprint density at radius 1 is 1.24 bits per heavy atom. The van der Waals surface area contributed by atoms with Crippen molar-refractivity contribution in [1.82, 2.24) is 0 Å². The molecule has 21 heavy (non-hydrogen) atoms. The third-order valence-electron chi connectivity index (χ3n) is 3.45. The molecule has 2 atom stereocenters. The molecule has 1 unspecified atom stereocenters. The van der Waals surface area contributed by atoms with Gasteiger partial charge in [0.15, 0.2) is 14.6 Å². The monoisotopic (exact) mass is 385 g/mol. The van der Waals surface area contributed by atoms with Gasteiger partial charge < -0.3 is 0 Å². The van der Waals surface area contributed by atoms with Crippen molar-refractivity contribution in [2.24, 2.45) is 5.92 Å². The van der Waals surface area contributed by atoms with Gasteiger partial charge in [-0.2, -0.15) is 22.8 Å². The summed E-state index contributed by atoms with van der Waals surface area (Å²) in [6.07, 6.45) is -0.838. The summed E-state index contributed by atoms with van der Waals surface area (Å²) in [6.45, 7) is 0. The number of nitrogens with zero attached hydrogens (tertiary/aromatic N) is 1. The predicted molar refractivity (Wildman–Crippen MR) is 68.9 cm³/mol. The molecule has 1 fully saturated rings. The Morgan fingerprint density at radius 3 is 2.19 bits per heavy atom. The summed E-state index contributed by atoms with van der Waals surface area (Å²) < 4.78 is 75.2. The zero-order valence-corrected chi connectivity index (χ0v) is 12.6. The van der Waals surface area contributed by atoms with Crippen molar-refractivity contribution in [2.75, 3.05) is 0 Å². The highest BCUT2D eigenvalue weighted by atomic mass is 79.9. The molecule has 0 N–H and O–H groups in total. The normalized spacial score (nSPS) is 26.2. The van der Waals surface area contributed by atoms with E-state index in [2.05, 4.69) is 0 Å². The van der Waals surface area contributed by atoms with E-state index in [1.54, 1.807) is 15.9 Å². The van der Waals surface area contributed by atoms with E-state index in [1.165, 1.54) is 24.3 Å². The number of rotatable bonds is 4. The number of alkyl halides is 5. The first-order chi connectivity index (χ1) is 9.50. The van der Waals surface area contributed by atoms with E-state index in [-0.39, 0.29) is 4.90 Å². The van der Waals surface area contributed by atoms with Crippen LogP contribution in [0.1, 0.15) is 6.42 Å². The van der Waals surface area contributed by atoms with Crippen molar-refractivity contribution >= 4 is 25.8 Å². The fourth-order valence-corrected chi connectivity index (χ4v) is 4.39. The molecule has 1 aromatic rings. The van der Waals surface area contributed by atoms with E-state index in [0.29, 0.717) is 0 Å². The lowest BCUT2D eigenvalue weighted by Gasteiger charge is -2.23. The molecule has 0 amide bonds. The summed E-state index contributed by atoms with van der Waals surface area (Å²) in [7, 11) is -4.47. The maximum atomic E-state index is 13.6. The lowest BCUT2D eigenvalue weighted by Crippen LogP contribution is -2.42. The van der Waals surface area contributed by atoms with Crippen molar-refractivity contribution in [3.8, 4) is 6.07 Å². The van der Waals surface area contributed by atoms with E-state index in [1.807, 2.05) is 0 Å². The van der Waals surface area contributed by atoms with Crippen LogP contribution >= 0.6 is 15.9 Å². The fraction of sp³-hybridized carbons (Fsp3) is 0.417. The molecule has 114 valence electrons. The summed E-state index contributed by atoms with van der Waals surface area (Å²) >= 11 is 1.56. The largest absolute Gasteiger partial charge is 0.363 e. The van der Waals surface area contributed by atoms with E-state index >= 15 is 0 Å². The van der Waals surface area contributed by atoms with Crippen LogP contribution in [0, 0.1) is 17.2 Å². The van der Waals surface area contributed by atoms with Crippen molar-refractivity contribution in [1.29, 1.82) is 5.26 Å². The van der Waals surface area contributed by atoms with E-state index in [9.17, 15) is 26.0 Å². The molecule has 0 spiro atoms. The summed E-state index contributed by atoms with van der Waals surface area (Å²) in [5.74, 6) is -6.92. The Balaban J connectivity index is 2.48. The van der Waals surface area contributed by atoms with Crippen LogP contribution in [0.4, 0.5) is 17.6 Å². The molecular weight excluding hydrogens is 378 g/mol.